The smallest absolute Gasteiger partial charge is 0.526 e. The lowest BCUT2D eigenvalue weighted by Crippen LogP contribution is -2.60. The van der Waals surface area contributed by atoms with Crippen molar-refractivity contribution in [1.82, 2.24) is 14.9 Å². The number of fused-ring (bicyclic) bond motifs is 3. The zero-order valence-corrected chi connectivity index (χ0v) is 16.9. The van der Waals surface area contributed by atoms with Crippen molar-refractivity contribution in [3.05, 3.63) is 41.0 Å². The van der Waals surface area contributed by atoms with Crippen LogP contribution in [0.1, 0.15) is 39.8 Å². The second-order valence-corrected chi connectivity index (χ2v) is 8.46. The highest BCUT2D eigenvalue weighted by Gasteiger charge is 2.54. The molecule has 162 valence electrons. The fourth-order valence-corrected chi connectivity index (χ4v) is 4.40. The number of amides is 1. The molecule has 0 radical (unpaired) electrons. The van der Waals surface area contributed by atoms with Gasteiger partial charge in [-0.2, -0.15) is 0 Å². The molecule has 1 saturated heterocycles. The van der Waals surface area contributed by atoms with Gasteiger partial charge in [0.1, 0.15) is 29.0 Å². The van der Waals surface area contributed by atoms with Crippen LogP contribution in [0.5, 0.6) is 11.5 Å². The average Bonchev–Trinajstić information content (AvgIpc) is 3.40. The molecular weight excluding hydrogens is 403 g/mol. The Morgan fingerprint density at radius 3 is 2.90 bits per heavy atom. The Hall–Kier alpha value is -3.05. The lowest BCUT2D eigenvalue weighted by molar-refractivity contribution is -0.141. The van der Waals surface area contributed by atoms with Crippen molar-refractivity contribution in [3.8, 4) is 11.5 Å². The molecule has 2 fully saturated rings. The minimum Gasteiger partial charge on any atom is -0.535 e. The van der Waals surface area contributed by atoms with Crippen LogP contribution in [0.3, 0.4) is 0 Å². The molecule has 2 aliphatic heterocycles. The van der Waals surface area contributed by atoms with Gasteiger partial charge >= 0.3 is 13.1 Å². The van der Waals surface area contributed by atoms with Gasteiger partial charge in [-0.3, -0.25) is 4.79 Å². The quantitative estimate of drug-likeness (QED) is 0.482. The van der Waals surface area contributed by atoms with Crippen LogP contribution in [0.4, 0.5) is 0 Å². The number of likely N-dealkylation sites (tertiary alicyclic amines) is 1. The van der Waals surface area contributed by atoms with Gasteiger partial charge in [0.15, 0.2) is 0 Å². The number of H-pyrrole nitrogens is 1. The number of carboxylic acids is 1. The van der Waals surface area contributed by atoms with Crippen molar-refractivity contribution >= 4 is 19.0 Å². The predicted octanol–water partition coefficient (Wildman–Crippen LogP) is 0.306. The van der Waals surface area contributed by atoms with Gasteiger partial charge in [-0.1, -0.05) is 6.07 Å². The first-order valence-electron chi connectivity index (χ1n) is 10.3. The van der Waals surface area contributed by atoms with Crippen molar-refractivity contribution < 1.29 is 29.1 Å². The van der Waals surface area contributed by atoms with Gasteiger partial charge in [-0.05, 0) is 30.9 Å². The molecule has 0 bridgehead atoms. The van der Waals surface area contributed by atoms with Gasteiger partial charge in [0.05, 0.1) is 19.1 Å². The Bertz CT molecular complexity index is 1050. The summed E-state index contributed by atoms with van der Waals surface area (Å²) in [6.45, 7) is 2.47. The number of nitrogens with two attached hydrogens (primary N) is 1. The van der Waals surface area contributed by atoms with Gasteiger partial charge < -0.3 is 35.1 Å². The Morgan fingerprint density at radius 1 is 1.45 bits per heavy atom. The molecule has 1 saturated carbocycles. The Kier molecular flexibility index (Phi) is 4.67. The molecule has 1 amide bonds. The number of aromatic nitrogens is 2. The number of rotatable bonds is 6. The molecule has 10 nitrogen and oxygen atoms in total. The Balaban J connectivity index is 1.23. The molecule has 1 aromatic heterocycles. The molecule has 2 aromatic rings. The fraction of sp³-hybridized carbons (Fsp3) is 0.450. The number of nitrogens with zero attached hydrogens (tertiary/aromatic N) is 2. The second-order valence-electron chi connectivity index (χ2n) is 8.46. The van der Waals surface area contributed by atoms with Crippen molar-refractivity contribution in [3.63, 3.8) is 0 Å². The lowest BCUT2D eigenvalue weighted by atomic mass is 9.77. The van der Waals surface area contributed by atoms with E-state index in [1.807, 2.05) is 6.92 Å². The van der Waals surface area contributed by atoms with E-state index in [2.05, 4.69) is 9.97 Å². The van der Waals surface area contributed by atoms with Crippen molar-refractivity contribution in [2.75, 3.05) is 13.1 Å². The lowest BCUT2D eigenvalue weighted by Gasteiger charge is -2.40. The standard InChI is InChI=1S/C20H23BN4O6/c1-9-23-6-10(24-9)4-15(22)19(26)25-7-11(8-25)30-16-3-2-12-13-5-14(13)21(29)31-18(12)17(16)20(27)28/h2-3,6,11,13-15,29H,4-5,7-8,22H2,1H3,(H,23,24)(H,27,28)/t13-,14-,15+/m0/s1. The van der Waals surface area contributed by atoms with E-state index < -0.39 is 19.1 Å². The number of aromatic carboxylic acids is 1. The van der Waals surface area contributed by atoms with Gasteiger partial charge in [-0.25, -0.2) is 9.78 Å². The van der Waals surface area contributed by atoms with Crippen molar-refractivity contribution in [2.24, 2.45) is 5.73 Å². The van der Waals surface area contributed by atoms with Crippen LogP contribution >= 0.6 is 0 Å². The number of hydrogen-bond donors (Lipinski definition) is 4. The summed E-state index contributed by atoms with van der Waals surface area (Å²) in [5.41, 5.74) is 7.55. The summed E-state index contributed by atoms with van der Waals surface area (Å²) < 4.78 is 11.4. The molecule has 1 aromatic carbocycles. The van der Waals surface area contributed by atoms with E-state index in [0.717, 1.165) is 23.5 Å². The predicted molar refractivity (Wildman–Crippen MR) is 109 cm³/mol. The number of benzene rings is 1. The van der Waals surface area contributed by atoms with Crippen LogP contribution in [0.25, 0.3) is 0 Å². The molecule has 0 unspecified atom stereocenters. The highest BCUT2D eigenvalue weighted by molar-refractivity contribution is 6.48. The number of nitrogens with one attached hydrogen (secondary N) is 1. The SMILES string of the molecule is Cc1ncc(C[C@@H](N)C(=O)N2CC(Oc3ccc4c(c3C(=O)O)OB(O)[C@H]3C[C@@H]43)C2)[nH]1. The van der Waals surface area contributed by atoms with Gasteiger partial charge in [0.2, 0.25) is 5.91 Å². The van der Waals surface area contributed by atoms with E-state index in [1.165, 1.54) is 0 Å². The number of carboxylic acid groups (broad SMARTS) is 1. The summed E-state index contributed by atoms with van der Waals surface area (Å²) in [5.74, 6) is -0.0957. The summed E-state index contributed by atoms with van der Waals surface area (Å²) in [6.07, 6.45) is 2.46. The average molecular weight is 426 g/mol. The van der Waals surface area contributed by atoms with Crippen LogP contribution in [-0.2, 0) is 11.2 Å². The van der Waals surface area contributed by atoms with E-state index in [9.17, 15) is 19.7 Å². The monoisotopic (exact) mass is 426 g/mol. The van der Waals surface area contributed by atoms with Crippen LogP contribution in [-0.4, -0.2) is 69.2 Å². The van der Waals surface area contributed by atoms with E-state index in [1.54, 1.807) is 23.2 Å². The van der Waals surface area contributed by atoms with Gasteiger partial charge in [0, 0.05) is 24.1 Å². The molecule has 3 aliphatic rings. The number of carbonyl (C=O) groups is 2. The summed E-state index contributed by atoms with van der Waals surface area (Å²) >= 11 is 0. The summed E-state index contributed by atoms with van der Waals surface area (Å²) in [5, 5.41) is 19.8. The highest BCUT2D eigenvalue weighted by Crippen LogP contribution is 2.60. The van der Waals surface area contributed by atoms with Crippen LogP contribution < -0.4 is 15.1 Å². The molecule has 5 rings (SSSR count). The molecule has 0 spiro atoms. The molecule has 31 heavy (non-hydrogen) atoms. The van der Waals surface area contributed by atoms with Crippen molar-refractivity contribution in [1.29, 1.82) is 0 Å². The summed E-state index contributed by atoms with van der Waals surface area (Å²) in [6, 6.07) is 2.74. The number of ether oxygens (including phenoxy) is 1. The maximum atomic E-state index is 12.5. The van der Waals surface area contributed by atoms with Crippen LogP contribution in [0.2, 0.25) is 5.82 Å². The second kappa shape index (κ2) is 7.28. The van der Waals surface area contributed by atoms with Gasteiger partial charge in [0.25, 0.3) is 0 Å². The third kappa shape index (κ3) is 3.53. The maximum absolute atomic E-state index is 12.5. The van der Waals surface area contributed by atoms with E-state index in [4.69, 9.17) is 15.1 Å². The minimum absolute atomic E-state index is 0.0296. The molecule has 11 heteroatoms. The third-order valence-corrected chi connectivity index (χ3v) is 6.17. The fourth-order valence-electron chi connectivity index (χ4n) is 4.40. The first-order chi connectivity index (χ1) is 14.8. The number of hydrogen-bond acceptors (Lipinski definition) is 7. The van der Waals surface area contributed by atoms with E-state index in [-0.39, 0.29) is 40.8 Å². The number of carbonyl (C=O) groups excluding carboxylic acids is 1. The molecular formula is C20H23BN4O6. The molecule has 5 N–H and O–H groups in total. The van der Waals surface area contributed by atoms with E-state index in [0.29, 0.717) is 19.5 Å². The molecule has 1 aliphatic carbocycles. The topological polar surface area (TPSA) is 151 Å². The number of aryl methyl sites for hydroxylation is 1. The largest absolute Gasteiger partial charge is 0.535 e. The summed E-state index contributed by atoms with van der Waals surface area (Å²) in [4.78, 5) is 33.2. The Labute approximate surface area is 178 Å². The highest BCUT2D eigenvalue weighted by atomic mass is 16.5. The molecule has 3 atom stereocenters. The van der Waals surface area contributed by atoms with E-state index >= 15 is 0 Å². The van der Waals surface area contributed by atoms with Crippen LogP contribution in [0.15, 0.2) is 18.3 Å². The number of aromatic amines is 1. The summed E-state index contributed by atoms with van der Waals surface area (Å²) in [7, 11) is -0.997. The van der Waals surface area contributed by atoms with Gasteiger partial charge in [-0.15, -0.1) is 0 Å². The zero-order chi connectivity index (χ0) is 21.9. The zero-order valence-electron chi connectivity index (χ0n) is 16.9. The molecule has 3 heterocycles. The third-order valence-electron chi connectivity index (χ3n) is 6.17. The normalized spacial score (nSPS) is 22.7. The van der Waals surface area contributed by atoms with Crippen molar-refractivity contribution in [2.45, 2.75) is 43.6 Å². The van der Waals surface area contributed by atoms with Crippen LogP contribution in [0, 0.1) is 6.92 Å². The first-order valence-corrected chi connectivity index (χ1v) is 10.3. The number of imidazole rings is 1. The Morgan fingerprint density at radius 2 is 2.23 bits per heavy atom. The first kappa shape index (κ1) is 19.9. The minimum atomic E-state index is -1.18. The maximum Gasteiger partial charge on any atom is 0.526 e.